The normalized spacial score (nSPS) is 17.2. The smallest absolute Gasteiger partial charge is 0.253 e. The molecule has 0 radical (unpaired) electrons. The highest BCUT2D eigenvalue weighted by molar-refractivity contribution is 5.95. The largest absolute Gasteiger partial charge is 0.479 e. The van der Waals surface area contributed by atoms with Gasteiger partial charge in [0, 0.05) is 36.6 Å². The molecule has 1 aromatic carbocycles. The lowest BCUT2D eigenvalue weighted by molar-refractivity contribution is -0.123. The van der Waals surface area contributed by atoms with Crippen LogP contribution in [0.4, 0.5) is 0 Å². The van der Waals surface area contributed by atoms with E-state index in [2.05, 4.69) is 9.97 Å². The fourth-order valence-electron chi connectivity index (χ4n) is 3.02. The zero-order valence-corrected chi connectivity index (χ0v) is 14.0. The molecule has 0 aliphatic carbocycles. The first-order chi connectivity index (χ1) is 12.1. The van der Waals surface area contributed by atoms with Crippen LogP contribution in [0.15, 0.2) is 36.7 Å². The van der Waals surface area contributed by atoms with E-state index in [9.17, 15) is 9.59 Å². The third-order valence-corrected chi connectivity index (χ3v) is 4.37. The second-order valence-corrected chi connectivity index (χ2v) is 5.98. The highest BCUT2D eigenvalue weighted by Gasteiger charge is 2.27. The second-order valence-electron chi connectivity index (χ2n) is 5.98. The summed E-state index contributed by atoms with van der Waals surface area (Å²) in [6, 6.07) is 7.13. The van der Waals surface area contributed by atoms with Gasteiger partial charge in [-0.05, 0) is 25.0 Å². The SMILES string of the molecule is COc1nccnc1-c1ccc(C(=O)N2CCC[C@@H](C(N)=O)C2)cc1. The average Bonchev–Trinajstić information content (AvgIpc) is 2.67. The van der Waals surface area contributed by atoms with Gasteiger partial charge in [-0.2, -0.15) is 0 Å². The van der Waals surface area contributed by atoms with Gasteiger partial charge in [0.15, 0.2) is 0 Å². The van der Waals surface area contributed by atoms with Crippen molar-refractivity contribution in [2.24, 2.45) is 11.7 Å². The molecule has 2 amide bonds. The first-order valence-corrected chi connectivity index (χ1v) is 8.14. The molecule has 2 heterocycles. The number of amides is 2. The Morgan fingerprint density at radius 2 is 1.92 bits per heavy atom. The molecule has 1 atom stereocenters. The average molecular weight is 340 g/mol. The molecule has 7 heteroatoms. The maximum absolute atomic E-state index is 12.7. The van der Waals surface area contributed by atoms with Crippen molar-refractivity contribution in [3.05, 3.63) is 42.2 Å². The fraction of sp³-hybridized carbons (Fsp3) is 0.333. The monoisotopic (exact) mass is 340 g/mol. The number of rotatable bonds is 4. The summed E-state index contributed by atoms with van der Waals surface area (Å²) in [5, 5.41) is 0. The third kappa shape index (κ3) is 3.60. The van der Waals surface area contributed by atoms with Gasteiger partial charge < -0.3 is 15.4 Å². The highest BCUT2D eigenvalue weighted by Crippen LogP contribution is 2.26. The van der Waals surface area contributed by atoms with Crippen molar-refractivity contribution in [3.63, 3.8) is 0 Å². The number of ether oxygens (including phenoxy) is 1. The number of aromatic nitrogens is 2. The summed E-state index contributed by atoms with van der Waals surface area (Å²) in [5.74, 6) is -0.269. The second kappa shape index (κ2) is 7.29. The molecule has 0 spiro atoms. The molecule has 3 rings (SSSR count). The number of likely N-dealkylation sites (tertiary alicyclic amines) is 1. The van der Waals surface area contributed by atoms with Crippen molar-refractivity contribution in [1.29, 1.82) is 0 Å². The summed E-state index contributed by atoms with van der Waals surface area (Å²) in [6.07, 6.45) is 4.68. The minimum atomic E-state index is -0.345. The summed E-state index contributed by atoms with van der Waals surface area (Å²) in [6.45, 7) is 1.02. The number of carbonyl (C=O) groups excluding carboxylic acids is 2. The number of hydrogen-bond donors (Lipinski definition) is 1. The molecule has 0 bridgehead atoms. The standard InChI is InChI=1S/C18H20N4O3/c1-25-17-15(20-8-9-21-17)12-4-6-13(7-5-12)18(24)22-10-2-3-14(11-22)16(19)23/h4-9,14H,2-3,10-11H2,1H3,(H2,19,23)/t14-/m1/s1. The van der Waals surface area contributed by atoms with E-state index >= 15 is 0 Å². The minimum Gasteiger partial charge on any atom is -0.479 e. The van der Waals surface area contributed by atoms with Crippen LogP contribution in [0.2, 0.25) is 0 Å². The Balaban J connectivity index is 1.78. The van der Waals surface area contributed by atoms with Gasteiger partial charge in [-0.1, -0.05) is 12.1 Å². The minimum absolute atomic E-state index is 0.0939. The van der Waals surface area contributed by atoms with Crippen LogP contribution in [0.3, 0.4) is 0 Å². The molecule has 1 aliphatic rings. The predicted octanol–water partition coefficient (Wildman–Crippen LogP) is 1.49. The zero-order chi connectivity index (χ0) is 17.8. The molecule has 0 unspecified atom stereocenters. The van der Waals surface area contributed by atoms with E-state index in [1.165, 1.54) is 7.11 Å². The molecule has 1 fully saturated rings. The number of methoxy groups -OCH3 is 1. The van der Waals surface area contributed by atoms with Gasteiger partial charge in [0.25, 0.3) is 5.91 Å². The van der Waals surface area contributed by atoms with E-state index in [1.54, 1.807) is 29.4 Å². The van der Waals surface area contributed by atoms with Crippen LogP contribution in [-0.4, -0.2) is 46.9 Å². The van der Waals surface area contributed by atoms with Crippen molar-refractivity contribution < 1.29 is 14.3 Å². The van der Waals surface area contributed by atoms with Crippen LogP contribution in [0, 0.1) is 5.92 Å². The summed E-state index contributed by atoms with van der Waals surface area (Å²) < 4.78 is 5.21. The van der Waals surface area contributed by atoms with Crippen LogP contribution in [0.5, 0.6) is 5.88 Å². The summed E-state index contributed by atoms with van der Waals surface area (Å²) in [7, 11) is 1.54. The number of carbonyl (C=O) groups is 2. The lowest BCUT2D eigenvalue weighted by Gasteiger charge is -2.31. The number of primary amides is 1. The Morgan fingerprint density at radius 3 is 2.60 bits per heavy atom. The number of hydrogen-bond acceptors (Lipinski definition) is 5. The van der Waals surface area contributed by atoms with Gasteiger partial charge in [-0.3, -0.25) is 9.59 Å². The molecular weight excluding hydrogens is 320 g/mol. The molecule has 2 aromatic rings. The Bertz CT molecular complexity index is 776. The molecule has 7 nitrogen and oxygen atoms in total. The lowest BCUT2D eigenvalue weighted by Crippen LogP contribution is -2.44. The van der Waals surface area contributed by atoms with Crippen LogP contribution in [-0.2, 0) is 4.79 Å². The van der Waals surface area contributed by atoms with Gasteiger partial charge >= 0.3 is 0 Å². The topological polar surface area (TPSA) is 98.4 Å². The van der Waals surface area contributed by atoms with Crippen LogP contribution < -0.4 is 10.5 Å². The Morgan fingerprint density at radius 1 is 1.20 bits per heavy atom. The van der Waals surface area contributed by atoms with Crippen LogP contribution >= 0.6 is 0 Å². The quantitative estimate of drug-likeness (QED) is 0.909. The molecule has 2 N–H and O–H groups in total. The Labute approximate surface area is 145 Å². The van der Waals surface area contributed by atoms with E-state index in [-0.39, 0.29) is 17.7 Å². The maximum Gasteiger partial charge on any atom is 0.253 e. The Hall–Kier alpha value is -2.96. The number of benzene rings is 1. The molecular formula is C18H20N4O3. The summed E-state index contributed by atoms with van der Waals surface area (Å²) >= 11 is 0. The first kappa shape index (κ1) is 16.9. The van der Waals surface area contributed by atoms with E-state index in [0.717, 1.165) is 18.4 Å². The van der Waals surface area contributed by atoms with E-state index in [4.69, 9.17) is 10.5 Å². The van der Waals surface area contributed by atoms with Crippen molar-refractivity contribution in [2.45, 2.75) is 12.8 Å². The zero-order valence-electron chi connectivity index (χ0n) is 14.0. The molecule has 1 aliphatic heterocycles. The summed E-state index contributed by atoms with van der Waals surface area (Å²) in [4.78, 5) is 34.1. The van der Waals surface area contributed by atoms with Crippen molar-refractivity contribution in [1.82, 2.24) is 14.9 Å². The van der Waals surface area contributed by atoms with E-state index in [1.807, 2.05) is 12.1 Å². The third-order valence-electron chi connectivity index (χ3n) is 4.37. The summed E-state index contributed by atoms with van der Waals surface area (Å²) in [5.41, 5.74) is 7.38. The molecule has 25 heavy (non-hydrogen) atoms. The molecule has 0 saturated carbocycles. The van der Waals surface area contributed by atoms with E-state index < -0.39 is 0 Å². The number of nitrogens with two attached hydrogens (primary N) is 1. The number of piperidine rings is 1. The first-order valence-electron chi connectivity index (χ1n) is 8.14. The maximum atomic E-state index is 12.7. The van der Waals surface area contributed by atoms with E-state index in [0.29, 0.717) is 30.2 Å². The van der Waals surface area contributed by atoms with Crippen molar-refractivity contribution in [3.8, 4) is 17.1 Å². The van der Waals surface area contributed by atoms with Crippen molar-refractivity contribution >= 4 is 11.8 Å². The van der Waals surface area contributed by atoms with Gasteiger partial charge in [-0.25, -0.2) is 9.97 Å². The van der Waals surface area contributed by atoms with Crippen molar-refractivity contribution in [2.75, 3.05) is 20.2 Å². The predicted molar refractivity (Wildman–Crippen MR) is 91.8 cm³/mol. The van der Waals surface area contributed by atoms with Gasteiger partial charge in [-0.15, -0.1) is 0 Å². The molecule has 1 saturated heterocycles. The molecule has 1 aromatic heterocycles. The number of nitrogens with zero attached hydrogens (tertiary/aromatic N) is 3. The Kier molecular flexibility index (Phi) is 4.92. The fourth-order valence-corrected chi connectivity index (χ4v) is 3.02. The van der Waals surface area contributed by atoms with Gasteiger partial charge in [0.05, 0.1) is 13.0 Å². The van der Waals surface area contributed by atoms with Gasteiger partial charge in [0.1, 0.15) is 5.69 Å². The van der Waals surface area contributed by atoms with Crippen LogP contribution in [0.1, 0.15) is 23.2 Å². The van der Waals surface area contributed by atoms with Gasteiger partial charge in [0.2, 0.25) is 11.8 Å². The van der Waals surface area contributed by atoms with Crippen LogP contribution in [0.25, 0.3) is 11.3 Å². The molecule has 130 valence electrons. The lowest BCUT2D eigenvalue weighted by atomic mass is 9.96. The highest BCUT2D eigenvalue weighted by atomic mass is 16.5.